The Morgan fingerprint density at radius 3 is 2.90 bits per heavy atom. The van der Waals surface area contributed by atoms with Crippen LogP contribution in [0.2, 0.25) is 5.15 Å². The SMILES string of the molecule is COC(=O)c1nn(-c2cccc(Br)c2)c2cc(Cl)ncc12. The van der Waals surface area contributed by atoms with Crippen LogP contribution < -0.4 is 0 Å². The molecule has 2 heterocycles. The average molecular weight is 367 g/mol. The minimum absolute atomic E-state index is 0.205. The second-order valence-corrected chi connectivity index (χ2v) is 5.56. The number of carbonyl (C=O) groups is 1. The van der Waals surface area contributed by atoms with E-state index in [0.29, 0.717) is 16.1 Å². The highest BCUT2D eigenvalue weighted by Gasteiger charge is 2.19. The van der Waals surface area contributed by atoms with Gasteiger partial charge in [-0.2, -0.15) is 5.10 Å². The fourth-order valence-corrected chi connectivity index (χ4v) is 2.58. The highest BCUT2D eigenvalue weighted by Crippen LogP contribution is 2.25. The van der Waals surface area contributed by atoms with Crippen LogP contribution in [0.5, 0.6) is 0 Å². The molecule has 0 aliphatic carbocycles. The first-order valence-corrected chi connectivity index (χ1v) is 7.16. The third kappa shape index (κ3) is 2.52. The predicted molar refractivity (Wildman–Crippen MR) is 82.9 cm³/mol. The predicted octanol–water partition coefficient (Wildman–Crippen LogP) is 3.62. The van der Waals surface area contributed by atoms with Gasteiger partial charge in [-0.1, -0.05) is 33.6 Å². The number of aromatic nitrogens is 3. The lowest BCUT2D eigenvalue weighted by Gasteiger charge is -2.03. The second kappa shape index (κ2) is 5.46. The molecule has 0 spiro atoms. The Labute approximate surface area is 133 Å². The van der Waals surface area contributed by atoms with E-state index in [2.05, 4.69) is 26.0 Å². The molecule has 2 aromatic heterocycles. The first kappa shape index (κ1) is 14.0. The smallest absolute Gasteiger partial charge is 0.359 e. The Balaban J connectivity index is 2.32. The van der Waals surface area contributed by atoms with Gasteiger partial charge in [-0.25, -0.2) is 14.5 Å². The Kier molecular flexibility index (Phi) is 3.65. The van der Waals surface area contributed by atoms with E-state index < -0.39 is 5.97 Å². The van der Waals surface area contributed by atoms with Gasteiger partial charge in [0.25, 0.3) is 0 Å². The monoisotopic (exact) mass is 365 g/mol. The number of carbonyl (C=O) groups excluding carboxylic acids is 1. The van der Waals surface area contributed by atoms with Crippen LogP contribution in [0.25, 0.3) is 16.6 Å². The summed E-state index contributed by atoms with van der Waals surface area (Å²) in [4.78, 5) is 15.9. The lowest BCUT2D eigenvalue weighted by atomic mass is 10.2. The molecule has 0 saturated heterocycles. The van der Waals surface area contributed by atoms with Crippen LogP contribution in [-0.4, -0.2) is 27.8 Å². The summed E-state index contributed by atoms with van der Waals surface area (Å²) < 4.78 is 7.31. The van der Waals surface area contributed by atoms with Crippen LogP contribution in [0.15, 0.2) is 41.0 Å². The molecule has 0 fully saturated rings. The summed E-state index contributed by atoms with van der Waals surface area (Å²) >= 11 is 9.37. The van der Waals surface area contributed by atoms with Crippen LogP contribution in [0.1, 0.15) is 10.5 Å². The molecule has 3 aromatic rings. The van der Waals surface area contributed by atoms with Crippen LogP contribution in [0.3, 0.4) is 0 Å². The van der Waals surface area contributed by atoms with E-state index in [1.54, 1.807) is 10.7 Å². The highest BCUT2D eigenvalue weighted by molar-refractivity contribution is 9.10. The fraction of sp³-hybridized carbons (Fsp3) is 0.0714. The number of rotatable bonds is 2. The van der Waals surface area contributed by atoms with Crippen LogP contribution in [0.4, 0.5) is 0 Å². The van der Waals surface area contributed by atoms with Crippen LogP contribution in [0, 0.1) is 0 Å². The van der Waals surface area contributed by atoms with E-state index in [4.69, 9.17) is 16.3 Å². The highest BCUT2D eigenvalue weighted by atomic mass is 79.9. The molecule has 0 bridgehead atoms. The molecule has 0 aliphatic rings. The molecule has 0 atom stereocenters. The van der Waals surface area contributed by atoms with E-state index in [1.807, 2.05) is 24.3 Å². The summed E-state index contributed by atoms with van der Waals surface area (Å²) in [5, 5.41) is 5.25. The largest absolute Gasteiger partial charge is 0.464 e. The van der Waals surface area contributed by atoms with Crippen molar-refractivity contribution in [2.75, 3.05) is 7.11 Å². The van der Waals surface area contributed by atoms with Gasteiger partial charge in [0.15, 0.2) is 5.69 Å². The zero-order valence-electron chi connectivity index (χ0n) is 10.9. The van der Waals surface area contributed by atoms with Gasteiger partial charge in [0.05, 0.1) is 23.7 Å². The zero-order valence-corrected chi connectivity index (χ0v) is 13.2. The maximum Gasteiger partial charge on any atom is 0.359 e. The number of pyridine rings is 1. The third-order valence-corrected chi connectivity index (χ3v) is 3.66. The summed E-state index contributed by atoms with van der Waals surface area (Å²) in [5.41, 5.74) is 1.69. The number of fused-ring (bicyclic) bond motifs is 1. The topological polar surface area (TPSA) is 57.0 Å². The Morgan fingerprint density at radius 2 is 2.19 bits per heavy atom. The third-order valence-electron chi connectivity index (χ3n) is 2.96. The van der Waals surface area contributed by atoms with Crippen molar-refractivity contribution in [1.29, 1.82) is 0 Å². The Hall–Kier alpha value is -1.92. The van der Waals surface area contributed by atoms with E-state index in [1.165, 1.54) is 13.3 Å². The van der Waals surface area contributed by atoms with E-state index >= 15 is 0 Å². The summed E-state index contributed by atoms with van der Waals surface area (Å²) in [6.07, 6.45) is 1.52. The molecule has 0 N–H and O–H groups in total. The van der Waals surface area contributed by atoms with E-state index in [-0.39, 0.29) is 5.69 Å². The number of ether oxygens (including phenoxy) is 1. The quantitative estimate of drug-likeness (QED) is 0.513. The first-order chi connectivity index (χ1) is 10.1. The standard InChI is InChI=1S/C14H9BrClN3O2/c1-21-14(20)13-10-7-17-12(16)6-11(10)19(18-13)9-4-2-3-8(15)5-9/h2-7H,1H3. The van der Waals surface area contributed by atoms with Crippen LogP contribution >= 0.6 is 27.5 Å². The molecule has 0 amide bonds. The van der Waals surface area contributed by atoms with Gasteiger partial charge in [0.2, 0.25) is 0 Å². The maximum absolute atomic E-state index is 11.9. The first-order valence-electron chi connectivity index (χ1n) is 5.98. The summed E-state index contributed by atoms with van der Waals surface area (Å²) in [7, 11) is 1.32. The van der Waals surface area contributed by atoms with Crippen molar-refractivity contribution in [3.05, 3.63) is 51.8 Å². The summed E-state index contributed by atoms with van der Waals surface area (Å²) in [5.74, 6) is -0.516. The number of hydrogen-bond donors (Lipinski definition) is 0. The van der Waals surface area contributed by atoms with Gasteiger partial charge >= 0.3 is 5.97 Å². The molecular formula is C14H9BrClN3O2. The van der Waals surface area contributed by atoms with Gasteiger partial charge in [0.1, 0.15) is 5.15 Å². The van der Waals surface area contributed by atoms with Gasteiger partial charge in [-0.3, -0.25) is 0 Å². The van der Waals surface area contributed by atoms with Crippen molar-refractivity contribution in [1.82, 2.24) is 14.8 Å². The van der Waals surface area contributed by atoms with Crippen LogP contribution in [-0.2, 0) is 4.74 Å². The van der Waals surface area contributed by atoms with Crippen molar-refractivity contribution in [2.24, 2.45) is 0 Å². The normalized spacial score (nSPS) is 10.8. The minimum Gasteiger partial charge on any atom is -0.464 e. The maximum atomic E-state index is 11.9. The van der Waals surface area contributed by atoms with Gasteiger partial charge in [-0.05, 0) is 18.2 Å². The molecule has 0 unspecified atom stereocenters. The number of esters is 1. The lowest BCUT2D eigenvalue weighted by molar-refractivity contribution is 0.0595. The number of benzene rings is 1. The number of methoxy groups -OCH3 is 1. The van der Waals surface area contributed by atoms with Crippen molar-refractivity contribution >= 4 is 44.4 Å². The summed E-state index contributed by atoms with van der Waals surface area (Å²) in [6.45, 7) is 0. The van der Waals surface area contributed by atoms with Gasteiger partial charge < -0.3 is 4.74 Å². The molecule has 0 aliphatic heterocycles. The summed E-state index contributed by atoms with van der Waals surface area (Å²) in [6, 6.07) is 9.23. The minimum atomic E-state index is -0.516. The molecule has 0 saturated carbocycles. The molecule has 3 rings (SSSR count). The molecule has 0 radical (unpaired) electrons. The van der Waals surface area contributed by atoms with Crippen molar-refractivity contribution < 1.29 is 9.53 Å². The average Bonchev–Trinajstić information content (AvgIpc) is 2.85. The van der Waals surface area contributed by atoms with Crippen molar-refractivity contribution in [3.8, 4) is 5.69 Å². The fourth-order valence-electron chi connectivity index (χ4n) is 2.04. The molecule has 21 heavy (non-hydrogen) atoms. The van der Waals surface area contributed by atoms with E-state index in [0.717, 1.165) is 10.2 Å². The lowest BCUT2D eigenvalue weighted by Crippen LogP contribution is -2.04. The van der Waals surface area contributed by atoms with Crippen molar-refractivity contribution in [2.45, 2.75) is 0 Å². The Bertz CT molecular complexity index is 847. The van der Waals surface area contributed by atoms with Crippen molar-refractivity contribution in [3.63, 3.8) is 0 Å². The number of halogens is 2. The molecule has 5 nitrogen and oxygen atoms in total. The second-order valence-electron chi connectivity index (χ2n) is 4.26. The zero-order chi connectivity index (χ0) is 15.0. The van der Waals surface area contributed by atoms with E-state index in [9.17, 15) is 4.79 Å². The molecule has 106 valence electrons. The van der Waals surface area contributed by atoms with Gasteiger partial charge in [-0.15, -0.1) is 0 Å². The molecule has 1 aromatic carbocycles. The number of hydrogen-bond acceptors (Lipinski definition) is 4. The Morgan fingerprint density at radius 1 is 1.38 bits per heavy atom. The molecule has 7 heteroatoms. The van der Waals surface area contributed by atoms with Gasteiger partial charge in [0, 0.05) is 16.7 Å². The molecular weight excluding hydrogens is 358 g/mol. The number of nitrogens with zero attached hydrogens (tertiary/aromatic N) is 3.